The molecule has 0 unspecified atom stereocenters. The first-order chi connectivity index (χ1) is 8.54. The summed E-state index contributed by atoms with van der Waals surface area (Å²) in [6.07, 6.45) is 9.03. The Morgan fingerprint density at radius 3 is 2.44 bits per heavy atom. The normalized spacial score (nSPS) is 19.9. The van der Waals surface area contributed by atoms with Crippen molar-refractivity contribution in [2.45, 2.75) is 49.7 Å². The van der Waals surface area contributed by atoms with Crippen molar-refractivity contribution >= 4 is 21.8 Å². The highest BCUT2D eigenvalue weighted by molar-refractivity contribution is 8.00. The molecule has 6 heteroatoms. The molecule has 0 aromatic heterocycles. The Morgan fingerprint density at radius 1 is 1.22 bits per heavy atom. The number of hydrogen-bond donors (Lipinski definition) is 2. The third kappa shape index (κ3) is 5.47. The lowest BCUT2D eigenvalue weighted by molar-refractivity contribution is 0.287. The smallest absolute Gasteiger partial charge is 0.211 e. The molecule has 4 nitrogen and oxygen atoms in total. The van der Waals surface area contributed by atoms with E-state index in [9.17, 15) is 8.42 Å². The Labute approximate surface area is 115 Å². The summed E-state index contributed by atoms with van der Waals surface area (Å²) in [5, 5.41) is 8.66. The molecule has 1 aliphatic carbocycles. The minimum Gasteiger partial charge on any atom is -0.396 e. The van der Waals surface area contributed by atoms with Gasteiger partial charge in [0.05, 0.1) is 5.75 Å². The first-order valence-electron chi connectivity index (χ1n) is 6.67. The Kier molecular flexibility index (Phi) is 6.98. The van der Waals surface area contributed by atoms with Gasteiger partial charge in [-0.1, -0.05) is 19.3 Å². The first-order valence-corrected chi connectivity index (χ1v) is 9.55. The van der Waals surface area contributed by atoms with Crippen LogP contribution in [0.1, 0.15) is 44.9 Å². The Balaban J connectivity index is 2.41. The van der Waals surface area contributed by atoms with Gasteiger partial charge in [-0.2, -0.15) is 11.8 Å². The van der Waals surface area contributed by atoms with Gasteiger partial charge in [-0.25, -0.2) is 13.1 Å². The summed E-state index contributed by atoms with van der Waals surface area (Å²) in [6, 6.07) is 0. The van der Waals surface area contributed by atoms with E-state index in [1.54, 1.807) is 11.8 Å². The number of aliphatic hydroxyl groups is 1. The van der Waals surface area contributed by atoms with Crippen molar-refractivity contribution in [1.82, 2.24) is 4.72 Å². The van der Waals surface area contributed by atoms with E-state index in [1.165, 1.54) is 19.3 Å². The van der Waals surface area contributed by atoms with Gasteiger partial charge in [-0.15, -0.1) is 0 Å². The minimum atomic E-state index is -3.18. The zero-order valence-electron chi connectivity index (χ0n) is 11.2. The Morgan fingerprint density at radius 2 is 1.89 bits per heavy atom. The second-order valence-electron chi connectivity index (χ2n) is 5.02. The van der Waals surface area contributed by atoms with Crippen molar-refractivity contribution in [2.24, 2.45) is 0 Å². The molecule has 18 heavy (non-hydrogen) atoms. The van der Waals surface area contributed by atoms with Crippen LogP contribution in [0.25, 0.3) is 0 Å². The van der Waals surface area contributed by atoms with Gasteiger partial charge in [0.2, 0.25) is 10.0 Å². The van der Waals surface area contributed by atoms with Crippen LogP contribution in [0.2, 0.25) is 0 Å². The van der Waals surface area contributed by atoms with Gasteiger partial charge < -0.3 is 5.11 Å². The van der Waals surface area contributed by atoms with Crippen LogP contribution in [-0.2, 0) is 10.0 Å². The van der Waals surface area contributed by atoms with E-state index >= 15 is 0 Å². The highest BCUT2D eigenvalue weighted by atomic mass is 32.2. The highest BCUT2D eigenvalue weighted by Gasteiger charge is 2.32. The van der Waals surface area contributed by atoms with Crippen LogP contribution < -0.4 is 4.72 Å². The first kappa shape index (κ1) is 16.3. The van der Waals surface area contributed by atoms with Gasteiger partial charge in [0, 0.05) is 17.9 Å². The average molecular weight is 295 g/mol. The fourth-order valence-electron chi connectivity index (χ4n) is 2.37. The molecule has 1 saturated carbocycles. The second kappa shape index (κ2) is 7.72. The number of hydrogen-bond acceptors (Lipinski definition) is 4. The van der Waals surface area contributed by atoms with Crippen molar-refractivity contribution < 1.29 is 13.5 Å². The Bertz CT molecular complexity index is 324. The van der Waals surface area contributed by atoms with Gasteiger partial charge in [0.25, 0.3) is 0 Å². The standard InChI is InChI=1S/C12H25NO3S2/c1-17-12(7-3-2-4-8-12)11-13-18(15,16)10-6-5-9-14/h13-14H,2-11H2,1H3. The molecule has 0 aromatic carbocycles. The molecular formula is C12H25NO3S2. The van der Waals surface area contributed by atoms with Crippen molar-refractivity contribution in [2.75, 3.05) is 25.2 Å². The van der Waals surface area contributed by atoms with Crippen LogP contribution in [0.3, 0.4) is 0 Å². The van der Waals surface area contributed by atoms with E-state index < -0.39 is 10.0 Å². The number of nitrogens with one attached hydrogen (secondary N) is 1. The molecule has 0 heterocycles. The minimum absolute atomic E-state index is 0.0598. The van der Waals surface area contributed by atoms with Crippen molar-refractivity contribution in [3.63, 3.8) is 0 Å². The number of unbranched alkanes of at least 4 members (excludes halogenated alkanes) is 1. The average Bonchev–Trinajstić information content (AvgIpc) is 2.38. The van der Waals surface area contributed by atoms with Crippen LogP contribution in [0.15, 0.2) is 0 Å². The lowest BCUT2D eigenvalue weighted by Gasteiger charge is -2.35. The maximum Gasteiger partial charge on any atom is 0.211 e. The summed E-state index contributed by atoms with van der Waals surface area (Å²) in [5.41, 5.74) is 0. The van der Waals surface area contributed by atoms with E-state index in [2.05, 4.69) is 11.0 Å². The molecule has 0 saturated heterocycles. The highest BCUT2D eigenvalue weighted by Crippen LogP contribution is 2.38. The van der Waals surface area contributed by atoms with Gasteiger partial charge >= 0.3 is 0 Å². The van der Waals surface area contributed by atoms with E-state index in [1.807, 2.05) is 0 Å². The molecule has 1 fully saturated rings. The Hall–Kier alpha value is 0.220. The predicted octanol–water partition coefficient (Wildman–Crippen LogP) is 1.74. The molecule has 2 N–H and O–H groups in total. The topological polar surface area (TPSA) is 66.4 Å². The summed E-state index contributed by atoms with van der Waals surface area (Å²) >= 11 is 1.80. The quantitative estimate of drug-likeness (QED) is 0.670. The molecule has 0 amide bonds. The zero-order chi connectivity index (χ0) is 13.5. The summed E-state index contributed by atoms with van der Waals surface area (Å²) < 4.78 is 26.5. The van der Waals surface area contributed by atoms with Crippen molar-refractivity contribution in [1.29, 1.82) is 0 Å². The lowest BCUT2D eigenvalue weighted by Crippen LogP contribution is -2.42. The third-order valence-corrected chi connectivity index (χ3v) is 6.46. The molecule has 0 atom stereocenters. The summed E-state index contributed by atoms with van der Waals surface area (Å²) in [5.74, 6) is 0.123. The fraction of sp³-hybridized carbons (Fsp3) is 1.00. The van der Waals surface area contributed by atoms with Crippen molar-refractivity contribution in [3.05, 3.63) is 0 Å². The van der Waals surface area contributed by atoms with Crippen LogP contribution in [0.4, 0.5) is 0 Å². The lowest BCUT2D eigenvalue weighted by atomic mass is 9.88. The van der Waals surface area contributed by atoms with Crippen molar-refractivity contribution in [3.8, 4) is 0 Å². The third-order valence-electron chi connectivity index (χ3n) is 3.63. The van der Waals surface area contributed by atoms with Gasteiger partial charge in [0.1, 0.15) is 0 Å². The second-order valence-corrected chi connectivity index (χ2v) is 8.22. The van der Waals surface area contributed by atoms with E-state index in [0.29, 0.717) is 19.4 Å². The number of sulfonamides is 1. The molecule has 1 aliphatic rings. The van der Waals surface area contributed by atoms with Crippen LogP contribution in [-0.4, -0.2) is 43.4 Å². The predicted molar refractivity (Wildman–Crippen MR) is 77.4 cm³/mol. The van der Waals surface area contributed by atoms with E-state index in [0.717, 1.165) is 12.8 Å². The summed E-state index contributed by atoms with van der Waals surface area (Å²) in [7, 11) is -3.18. The molecule has 1 rings (SSSR count). The largest absolute Gasteiger partial charge is 0.396 e. The molecule has 108 valence electrons. The molecule has 0 spiro atoms. The SMILES string of the molecule is CSC1(CNS(=O)(=O)CCCCO)CCCCC1. The van der Waals surface area contributed by atoms with E-state index in [4.69, 9.17) is 5.11 Å². The summed E-state index contributed by atoms with van der Waals surface area (Å²) in [6.45, 7) is 0.611. The maximum absolute atomic E-state index is 11.8. The monoisotopic (exact) mass is 295 g/mol. The van der Waals surface area contributed by atoms with Crippen LogP contribution >= 0.6 is 11.8 Å². The number of thioether (sulfide) groups is 1. The molecular weight excluding hydrogens is 270 g/mol. The number of rotatable bonds is 8. The van der Waals surface area contributed by atoms with E-state index in [-0.39, 0.29) is 17.1 Å². The molecule has 0 radical (unpaired) electrons. The van der Waals surface area contributed by atoms with Gasteiger partial charge in [-0.3, -0.25) is 0 Å². The molecule has 0 bridgehead atoms. The molecule has 0 aromatic rings. The fourth-order valence-corrected chi connectivity index (χ4v) is 4.60. The number of aliphatic hydroxyl groups excluding tert-OH is 1. The summed E-state index contributed by atoms with van der Waals surface area (Å²) in [4.78, 5) is 0. The zero-order valence-corrected chi connectivity index (χ0v) is 12.8. The van der Waals surface area contributed by atoms with Gasteiger partial charge in [-0.05, 0) is 31.9 Å². The maximum atomic E-state index is 11.8. The van der Waals surface area contributed by atoms with Crippen LogP contribution in [0, 0.1) is 0 Å². The van der Waals surface area contributed by atoms with Crippen LogP contribution in [0.5, 0.6) is 0 Å². The van der Waals surface area contributed by atoms with Gasteiger partial charge in [0.15, 0.2) is 0 Å². The molecule has 0 aliphatic heterocycles.